The minimum atomic E-state index is -0.351. The van der Waals surface area contributed by atoms with E-state index in [2.05, 4.69) is 0 Å². The summed E-state index contributed by atoms with van der Waals surface area (Å²) in [5.41, 5.74) is 3.77. The van der Waals surface area contributed by atoms with Crippen LogP contribution >= 0.6 is 0 Å². The lowest BCUT2D eigenvalue weighted by Crippen LogP contribution is -2.51. The van der Waals surface area contributed by atoms with Crippen LogP contribution in [0.3, 0.4) is 0 Å². The second-order valence-corrected chi connectivity index (χ2v) is 8.87. The van der Waals surface area contributed by atoms with E-state index in [-0.39, 0.29) is 30.2 Å². The normalized spacial score (nSPS) is 16.5. The Morgan fingerprint density at radius 1 is 0.912 bits per heavy atom. The van der Waals surface area contributed by atoms with Gasteiger partial charge in [0.2, 0.25) is 5.91 Å². The first-order chi connectivity index (χ1) is 16.5. The summed E-state index contributed by atoms with van der Waals surface area (Å²) in [6, 6.07) is 18.6. The number of piperazine rings is 1. The van der Waals surface area contributed by atoms with Crippen LogP contribution in [-0.4, -0.2) is 58.6 Å². The largest absolute Gasteiger partial charge is 0.459 e. The molecule has 34 heavy (non-hydrogen) atoms. The predicted octanol–water partition coefficient (Wildman–Crippen LogP) is 3.66. The van der Waals surface area contributed by atoms with Crippen molar-refractivity contribution in [2.75, 3.05) is 26.2 Å². The van der Waals surface area contributed by atoms with Gasteiger partial charge in [-0.3, -0.25) is 14.4 Å². The number of rotatable bonds is 5. The lowest BCUT2D eigenvalue weighted by molar-refractivity contribution is -0.133. The summed E-state index contributed by atoms with van der Waals surface area (Å²) in [6.45, 7) is 4.33. The molecular formula is C27H27N3O4. The molecule has 3 amide bonds. The van der Waals surface area contributed by atoms with E-state index in [1.54, 1.807) is 21.9 Å². The summed E-state index contributed by atoms with van der Waals surface area (Å²) >= 11 is 0. The van der Waals surface area contributed by atoms with E-state index >= 15 is 0 Å². The third-order valence-corrected chi connectivity index (χ3v) is 6.71. The summed E-state index contributed by atoms with van der Waals surface area (Å²) in [6.07, 6.45) is 1.69. The van der Waals surface area contributed by atoms with Gasteiger partial charge in [0.1, 0.15) is 0 Å². The van der Waals surface area contributed by atoms with Crippen LogP contribution in [-0.2, 0) is 11.3 Å². The molecule has 3 heterocycles. The summed E-state index contributed by atoms with van der Waals surface area (Å²) in [5.74, 6) is 0.101. The van der Waals surface area contributed by atoms with Crippen molar-refractivity contribution >= 4 is 17.7 Å². The first-order valence-corrected chi connectivity index (χ1v) is 11.6. The summed E-state index contributed by atoms with van der Waals surface area (Å²) in [4.78, 5) is 44.4. The molecule has 0 saturated carbocycles. The molecule has 0 aliphatic carbocycles. The molecule has 0 unspecified atom stereocenters. The van der Waals surface area contributed by atoms with Crippen molar-refractivity contribution in [2.45, 2.75) is 25.9 Å². The zero-order valence-corrected chi connectivity index (χ0v) is 19.1. The number of hydrogen-bond acceptors (Lipinski definition) is 4. The fourth-order valence-electron chi connectivity index (χ4n) is 4.73. The molecule has 1 aromatic heterocycles. The second kappa shape index (κ2) is 9.17. The Labute approximate surface area is 198 Å². The number of carbonyl (C=O) groups excluding carboxylic acids is 3. The molecule has 2 aliphatic rings. The van der Waals surface area contributed by atoms with Crippen molar-refractivity contribution in [3.8, 4) is 0 Å². The van der Waals surface area contributed by atoms with Crippen molar-refractivity contribution in [3.63, 3.8) is 0 Å². The Balaban J connectivity index is 1.30. The summed E-state index contributed by atoms with van der Waals surface area (Å²) < 4.78 is 5.22. The molecule has 0 N–H and O–H groups in total. The molecule has 2 aromatic carbocycles. The Kier molecular flexibility index (Phi) is 5.92. The van der Waals surface area contributed by atoms with E-state index in [4.69, 9.17) is 4.42 Å². The van der Waals surface area contributed by atoms with Crippen LogP contribution in [0, 0.1) is 6.92 Å². The van der Waals surface area contributed by atoms with Crippen molar-refractivity contribution in [1.29, 1.82) is 0 Å². The van der Waals surface area contributed by atoms with E-state index in [1.165, 1.54) is 6.26 Å². The number of furan rings is 1. The lowest BCUT2D eigenvalue weighted by atomic mass is 9.99. The summed E-state index contributed by atoms with van der Waals surface area (Å²) in [5, 5.41) is 0. The molecule has 0 spiro atoms. The third kappa shape index (κ3) is 4.21. The Hall–Kier alpha value is -3.87. The highest BCUT2D eigenvalue weighted by Crippen LogP contribution is 2.34. The number of carbonyl (C=O) groups is 3. The van der Waals surface area contributed by atoms with Crippen LogP contribution in [0.15, 0.2) is 71.3 Å². The van der Waals surface area contributed by atoms with Crippen LogP contribution in [0.1, 0.15) is 50.1 Å². The Bertz CT molecular complexity index is 1190. The first kappa shape index (κ1) is 21.9. The predicted molar refractivity (Wildman–Crippen MR) is 126 cm³/mol. The molecule has 7 nitrogen and oxygen atoms in total. The van der Waals surface area contributed by atoms with Gasteiger partial charge in [0.15, 0.2) is 5.76 Å². The minimum Gasteiger partial charge on any atom is -0.459 e. The van der Waals surface area contributed by atoms with Gasteiger partial charge in [0, 0.05) is 38.3 Å². The number of fused-ring (bicyclic) bond motifs is 1. The molecule has 2 aliphatic heterocycles. The highest BCUT2D eigenvalue weighted by molar-refractivity contribution is 5.99. The monoisotopic (exact) mass is 457 g/mol. The molecule has 0 bridgehead atoms. The van der Waals surface area contributed by atoms with Crippen LogP contribution in [0.4, 0.5) is 0 Å². The zero-order valence-electron chi connectivity index (χ0n) is 19.1. The zero-order chi connectivity index (χ0) is 23.7. The first-order valence-electron chi connectivity index (χ1n) is 11.6. The number of benzene rings is 2. The van der Waals surface area contributed by atoms with E-state index in [9.17, 15) is 14.4 Å². The van der Waals surface area contributed by atoms with Crippen LogP contribution in [0.25, 0.3) is 0 Å². The maximum atomic E-state index is 13.4. The van der Waals surface area contributed by atoms with Gasteiger partial charge in [0.05, 0.1) is 18.7 Å². The van der Waals surface area contributed by atoms with E-state index in [1.807, 2.05) is 60.4 Å². The molecule has 5 rings (SSSR count). The molecular weight excluding hydrogens is 430 g/mol. The number of hydrogen-bond donors (Lipinski definition) is 0. The molecule has 1 saturated heterocycles. The van der Waals surface area contributed by atoms with E-state index in [0.29, 0.717) is 44.0 Å². The Morgan fingerprint density at radius 2 is 1.62 bits per heavy atom. The smallest absolute Gasteiger partial charge is 0.289 e. The van der Waals surface area contributed by atoms with Gasteiger partial charge in [0.25, 0.3) is 11.8 Å². The van der Waals surface area contributed by atoms with Gasteiger partial charge in [-0.05, 0) is 36.2 Å². The quantitative estimate of drug-likeness (QED) is 0.586. The van der Waals surface area contributed by atoms with Crippen molar-refractivity contribution in [1.82, 2.24) is 14.7 Å². The number of nitrogens with zero attached hydrogens (tertiary/aromatic N) is 3. The molecule has 3 aromatic rings. The average molecular weight is 458 g/mol. The standard InChI is InChI=1S/C27H27N3O4/c1-19-8-10-20(11-9-19)23(30-18-21-5-2-3-6-22(21)26(30)32)17-25(31)28-12-14-29(15-13-28)27(33)24-7-4-16-34-24/h2-11,16,23H,12-15,17-18H2,1H3/t23-/m1/s1. The highest BCUT2D eigenvalue weighted by atomic mass is 16.3. The summed E-state index contributed by atoms with van der Waals surface area (Å²) in [7, 11) is 0. The maximum Gasteiger partial charge on any atom is 0.289 e. The highest BCUT2D eigenvalue weighted by Gasteiger charge is 2.36. The van der Waals surface area contributed by atoms with Gasteiger partial charge in [-0.15, -0.1) is 0 Å². The van der Waals surface area contributed by atoms with Crippen molar-refractivity contribution < 1.29 is 18.8 Å². The number of amides is 3. The van der Waals surface area contributed by atoms with E-state index in [0.717, 1.165) is 16.7 Å². The van der Waals surface area contributed by atoms with Crippen LogP contribution in [0.2, 0.25) is 0 Å². The SMILES string of the molecule is Cc1ccc([C@@H](CC(=O)N2CCN(C(=O)c3ccco3)CC2)N2Cc3ccccc3C2=O)cc1. The van der Waals surface area contributed by atoms with Gasteiger partial charge in [-0.1, -0.05) is 48.0 Å². The number of aryl methyl sites for hydroxylation is 1. The van der Waals surface area contributed by atoms with Crippen molar-refractivity contribution in [2.24, 2.45) is 0 Å². The maximum absolute atomic E-state index is 13.4. The van der Waals surface area contributed by atoms with Crippen LogP contribution < -0.4 is 0 Å². The molecule has 0 radical (unpaired) electrons. The minimum absolute atomic E-state index is 0.0144. The molecule has 1 fully saturated rings. The third-order valence-electron chi connectivity index (χ3n) is 6.71. The molecule has 7 heteroatoms. The van der Waals surface area contributed by atoms with Gasteiger partial charge in [-0.25, -0.2) is 0 Å². The van der Waals surface area contributed by atoms with Gasteiger partial charge in [-0.2, -0.15) is 0 Å². The van der Waals surface area contributed by atoms with E-state index < -0.39 is 0 Å². The fourth-order valence-corrected chi connectivity index (χ4v) is 4.73. The average Bonchev–Trinajstić information content (AvgIpc) is 3.52. The topological polar surface area (TPSA) is 74.1 Å². The molecule has 1 atom stereocenters. The molecule has 174 valence electrons. The second-order valence-electron chi connectivity index (χ2n) is 8.87. The van der Waals surface area contributed by atoms with Crippen LogP contribution in [0.5, 0.6) is 0 Å². The van der Waals surface area contributed by atoms with Crippen molar-refractivity contribution in [3.05, 3.63) is 94.9 Å². The lowest BCUT2D eigenvalue weighted by Gasteiger charge is -2.36. The Morgan fingerprint density at radius 3 is 2.29 bits per heavy atom. The van der Waals surface area contributed by atoms with Gasteiger partial charge < -0.3 is 19.1 Å². The van der Waals surface area contributed by atoms with Gasteiger partial charge >= 0.3 is 0 Å². The fraction of sp³-hybridized carbons (Fsp3) is 0.296.